The largest absolute Gasteiger partial charge is 1.00 e. The van der Waals surface area contributed by atoms with E-state index in [1.807, 2.05) is 0 Å². The number of amides is 1. The molecule has 0 heterocycles. The minimum absolute atomic E-state index is 0. The van der Waals surface area contributed by atoms with Gasteiger partial charge in [0.15, 0.2) is 5.75 Å². The Balaban J connectivity index is 0.00000300. The molecule has 0 aliphatic rings. The number of hydrogen-bond acceptors (Lipinski definition) is 8. The van der Waals surface area contributed by atoms with Crippen LogP contribution >= 0.6 is 0 Å². The summed E-state index contributed by atoms with van der Waals surface area (Å²) in [6, 6.07) is 11.7. The normalized spacial score (nSPS) is 11.4. The quantitative estimate of drug-likeness (QED) is 0.239. The van der Waals surface area contributed by atoms with E-state index in [0.717, 1.165) is 6.07 Å². The number of nitrogens with one attached hydrogen (secondary N) is 1. The zero-order chi connectivity index (χ0) is 20.5. The van der Waals surface area contributed by atoms with E-state index in [0.29, 0.717) is 22.4 Å². The smallest absolute Gasteiger partial charge is 0.744 e. The molecular weight excluding hydrogens is 407 g/mol. The van der Waals surface area contributed by atoms with Crippen LogP contribution in [0.1, 0.15) is 6.92 Å². The van der Waals surface area contributed by atoms with Gasteiger partial charge in [0.1, 0.15) is 15.8 Å². The molecule has 3 rings (SSSR count). The molecule has 29 heavy (non-hydrogen) atoms. The number of aromatic hydroxyl groups is 1. The summed E-state index contributed by atoms with van der Waals surface area (Å²) in [7, 11) is -4.92. The maximum atomic E-state index is 11.6. The van der Waals surface area contributed by atoms with Gasteiger partial charge in [0.25, 0.3) is 0 Å². The third kappa shape index (κ3) is 5.31. The van der Waals surface area contributed by atoms with Crippen LogP contribution in [-0.4, -0.2) is 24.0 Å². The van der Waals surface area contributed by atoms with E-state index in [1.54, 1.807) is 12.1 Å². The first-order valence-electron chi connectivity index (χ1n) is 7.95. The van der Waals surface area contributed by atoms with E-state index in [-0.39, 0.29) is 40.9 Å². The standard InChI is InChI=1S/C18H16N4O5S.Na/c1-10(23)20-13-4-6-14(7-5-13)21-22-17-16(28(25,26)27)8-11-2-3-12(19)9-15(11)18(17)24;/h2-9,24H,19H2,1H3,(H,20,23)(H,25,26,27);/q;+1/p-1. The zero-order valence-electron chi connectivity index (χ0n) is 15.6. The van der Waals surface area contributed by atoms with Crippen LogP contribution in [0.2, 0.25) is 0 Å². The van der Waals surface area contributed by atoms with Crippen molar-refractivity contribution in [3.63, 3.8) is 0 Å². The Labute approximate surface area is 188 Å². The molecule has 0 aromatic heterocycles. The maximum absolute atomic E-state index is 11.6. The van der Waals surface area contributed by atoms with Crippen molar-refractivity contribution in [3.05, 3.63) is 48.5 Å². The van der Waals surface area contributed by atoms with Gasteiger partial charge < -0.3 is 20.7 Å². The number of anilines is 2. The zero-order valence-corrected chi connectivity index (χ0v) is 18.4. The fourth-order valence-electron chi connectivity index (χ4n) is 2.57. The molecule has 3 aromatic carbocycles. The van der Waals surface area contributed by atoms with Crippen molar-refractivity contribution in [1.29, 1.82) is 0 Å². The van der Waals surface area contributed by atoms with Crippen LogP contribution in [0.3, 0.4) is 0 Å². The first kappa shape index (κ1) is 22.8. The van der Waals surface area contributed by atoms with Gasteiger partial charge in [0.2, 0.25) is 5.91 Å². The summed E-state index contributed by atoms with van der Waals surface area (Å²) in [6.07, 6.45) is 0. The minimum Gasteiger partial charge on any atom is -0.744 e. The predicted molar refractivity (Wildman–Crippen MR) is 103 cm³/mol. The number of rotatable bonds is 4. The summed E-state index contributed by atoms with van der Waals surface area (Å²) in [4.78, 5) is 10.3. The van der Waals surface area contributed by atoms with Crippen LogP contribution in [0, 0.1) is 0 Å². The molecule has 9 nitrogen and oxygen atoms in total. The van der Waals surface area contributed by atoms with Crippen LogP contribution in [0.4, 0.5) is 22.7 Å². The maximum Gasteiger partial charge on any atom is 1.00 e. The van der Waals surface area contributed by atoms with Gasteiger partial charge in [-0.05, 0) is 47.9 Å². The molecule has 0 bridgehead atoms. The number of nitrogen functional groups attached to an aromatic ring is 1. The molecule has 1 amide bonds. The monoisotopic (exact) mass is 422 g/mol. The molecule has 0 unspecified atom stereocenters. The van der Waals surface area contributed by atoms with Gasteiger partial charge in [-0.3, -0.25) is 4.79 Å². The Morgan fingerprint density at radius 1 is 1.10 bits per heavy atom. The van der Waals surface area contributed by atoms with E-state index in [9.17, 15) is 22.9 Å². The molecule has 0 radical (unpaired) electrons. The van der Waals surface area contributed by atoms with Gasteiger partial charge in [0.05, 0.1) is 10.6 Å². The van der Waals surface area contributed by atoms with Gasteiger partial charge in [-0.15, -0.1) is 5.11 Å². The van der Waals surface area contributed by atoms with Crippen LogP contribution < -0.4 is 40.6 Å². The van der Waals surface area contributed by atoms with E-state index in [2.05, 4.69) is 15.5 Å². The van der Waals surface area contributed by atoms with Crippen LogP contribution in [0.15, 0.2) is 63.7 Å². The SMILES string of the molecule is CC(=O)Nc1ccc(N=Nc2c(S(=O)(=O)[O-])cc3ccc(N)cc3c2O)cc1.[Na+]. The van der Waals surface area contributed by atoms with Crippen molar-refractivity contribution in [2.75, 3.05) is 11.1 Å². The molecule has 0 saturated heterocycles. The van der Waals surface area contributed by atoms with E-state index >= 15 is 0 Å². The molecule has 0 spiro atoms. The van der Waals surface area contributed by atoms with Crippen LogP contribution in [-0.2, 0) is 14.9 Å². The number of carbonyl (C=O) groups excluding carboxylic acids is 1. The average molecular weight is 422 g/mol. The number of nitrogens with zero attached hydrogens (tertiary/aromatic N) is 2. The third-order valence-electron chi connectivity index (χ3n) is 3.80. The Kier molecular flexibility index (Phi) is 6.98. The van der Waals surface area contributed by atoms with Crippen molar-refractivity contribution in [1.82, 2.24) is 0 Å². The first-order valence-corrected chi connectivity index (χ1v) is 9.36. The van der Waals surface area contributed by atoms with Crippen molar-refractivity contribution >= 4 is 49.5 Å². The number of phenolic OH excluding ortho intramolecular Hbond substituents is 1. The van der Waals surface area contributed by atoms with Gasteiger partial charge >= 0.3 is 29.6 Å². The molecule has 144 valence electrons. The number of carbonyl (C=O) groups is 1. The van der Waals surface area contributed by atoms with Crippen molar-refractivity contribution in [2.24, 2.45) is 10.2 Å². The number of fused-ring (bicyclic) bond motifs is 1. The molecule has 0 aliphatic heterocycles. The number of azo groups is 1. The average Bonchev–Trinajstić information content (AvgIpc) is 2.61. The van der Waals surface area contributed by atoms with Gasteiger partial charge in [0, 0.05) is 23.7 Å². The Morgan fingerprint density at radius 3 is 2.34 bits per heavy atom. The number of hydrogen-bond donors (Lipinski definition) is 3. The Hall–Kier alpha value is -2.50. The predicted octanol–water partition coefficient (Wildman–Crippen LogP) is 0.409. The van der Waals surface area contributed by atoms with E-state index in [1.165, 1.54) is 37.3 Å². The summed E-state index contributed by atoms with van der Waals surface area (Å²) in [5.41, 5.74) is 6.43. The second-order valence-electron chi connectivity index (χ2n) is 5.93. The third-order valence-corrected chi connectivity index (χ3v) is 4.65. The summed E-state index contributed by atoms with van der Waals surface area (Å²) in [5, 5.41) is 21.3. The van der Waals surface area contributed by atoms with Crippen molar-refractivity contribution < 1.29 is 52.4 Å². The number of benzene rings is 3. The number of nitrogens with two attached hydrogens (primary N) is 1. The molecule has 3 aromatic rings. The van der Waals surface area contributed by atoms with Crippen molar-refractivity contribution in [2.45, 2.75) is 11.8 Å². The summed E-state index contributed by atoms with van der Waals surface area (Å²) in [5.74, 6) is -0.752. The Bertz CT molecular complexity index is 1210. The van der Waals surface area contributed by atoms with Crippen LogP contribution in [0.25, 0.3) is 10.8 Å². The molecule has 0 aliphatic carbocycles. The Morgan fingerprint density at radius 2 is 1.76 bits per heavy atom. The van der Waals surface area contributed by atoms with Gasteiger partial charge in [-0.1, -0.05) is 6.07 Å². The number of phenols is 1. The van der Waals surface area contributed by atoms with Gasteiger partial charge in [-0.25, -0.2) is 8.42 Å². The molecule has 0 atom stereocenters. The van der Waals surface area contributed by atoms with E-state index < -0.39 is 26.5 Å². The molecule has 4 N–H and O–H groups in total. The fraction of sp³-hybridized carbons (Fsp3) is 0.0556. The molecule has 11 heteroatoms. The minimum atomic E-state index is -4.92. The topological polar surface area (TPSA) is 157 Å². The second-order valence-corrected chi connectivity index (χ2v) is 7.28. The van der Waals surface area contributed by atoms with Gasteiger partial charge in [-0.2, -0.15) is 5.11 Å². The van der Waals surface area contributed by atoms with Crippen molar-refractivity contribution in [3.8, 4) is 5.75 Å². The summed E-state index contributed by atoms with van der Waals surface area (Å²) < 4.78 is 34.9. The summed E-state index contributed by atoms with van der Waals surface area (Å²) in [6.45, 7) is 1.37. The first-order chi connectivity index (χ1) is 13.1. The molecule has 0 fully saturated rings. The van der Waals surface area contributed by atoms with E-state index in [4.69, 9.17) is 5.73 Å². The molecular formula is C18H15N4NaO5S. The summed E-state index contributed by atoms with van der Waals surface area (Å²) >= 11 is 0. The second kappa shape index (κ2) is 8.89. The molecule has 0 saturated carbocycles. The van der Waals surface area contributed by atoms with Crippen LogP contribution in [0.5, 0.6) is 5.75 Å². The fourth-order valence-corrected chi connectivity index (χ4v) is 3.21.